The van der Waals surface area contributed by atoms with Crippen LogP contribution in [0.5, 0.6) is 17.2 Å². The van der Waals surface area contributed by atoms with Gasteiger partial charge in [0.2, 0.25) is 11.9 Å². The molecule has 31 heavy (non-hydrogen) atoms. The van der Waals surface area contributed by atoms with Crippen LogP contribution in [0.25, 0.3) is 0 Å². The van der Waals surface area contributed by atoms with E-state index in [2.05, 4.69) is 0 Å². The first-order chi connectivity index (χ1) is 14.7. The predicted molar refractivity (Wildman–Crippen MR) is 101 cm³/mol. The second-order valence-corrected chi connectivity index (χ2v) is 6.18. The Kier molecular flexibility index (Phi) is 7.46. The number of benzene rings is 1. The lowest BCUT2D eigenvalue weighted by molar-refractivity contribution is -0.155. The topological polar surface area (TPSA) is 166 Å². The number of fused-ring (bicyclic) bond motifs is 1. The summed E-state index contributed by atoms with van der Waals surface area (Å²) in [5.74, 6) is -8.66. The van der Waals surface area contributed by atoms with E-state index in [1.807, 2.05) is 0 Å². The Morgan fingerprint density at radius 3 is 2.19 bits per heavy atom. The van der Waals surface area contributed by atoms with Gasteiger partial charge >= 0.3 is 23.9 Å². The summed E-state index contributed by atoms with van der Waals surface area (Å²) < 4.78 is 19.8. The van der Waals surface area contributed by atoms with E-state index in [0.717, 1.165) is 12.1 Å². The predicted octanol–water partition coefficient (Wildman–Crippen LogP) is 1.04. The highest BCUT2D eigenvalue weighted by atomic mass is 16.6. The fourth-order valence-electron chi connectivity index (χ4n) is 3.07. The molecule has 0 fully saturated rings. The Balaban J connectivity index is 2.82. The van der Waals surface area contributed by atoms with Crippen molar-refractivity contribution in [3.05, 3.63) is 28.8 Å². The summed E-state index contributed by atoms with van der Waals surface area (Å²) in [7, 11) is 0. The summed E-state index contributed by atoms with van der Waals surface area (Å²) >= 11 is 0. The molecule has 0 spiro atoms. The van der Waals surface area contributed by atoms with Crippen LogP contribution in [-0.4, -0.2) is 65.1 Å². The molecule has 1 aromatic rings. The number of ether oxygens (including phenoxy) is 4. The molecule has 0 radical (unpaired) electrons. The van der Waals surface area contributed by atoms with Crippen molar-refractivity contribution < 1.29 is 53.4 Å². The maximum atomic E-state index is 12.7. The zero-order chi connectivity index (χ0) is 23.3. The van der Waals surface area contributed by atoms with Gasteiger partial charge in [-0.15, -0.1) is 0 Å². The number of hydrogen-bond acceptors (Lipinski definition) is 11. The highest BCUT2D eigenvalue weighted by molar-refractivity contribution is 6.03. The quantitative estimate of drug-likeness (QED) is 0.241. The van der Waals surface area contributed by atoms with E-state index in [1.54, 1.807) is 0 Å². The van der Waals surface area contributed by atoms with Crippen LogP contribution in [0.15, 0.2) is 17.7 Å². The van der Waals surface area contributed by atoms with Crippen molar-refractivity contribution in [3.8, 4) is 17.2 Å². The van der Waals surface area contributed by atoms with E-state index in [9.17, 15) is 34.5 Å². The van der Waals surface area contributed by atoms with E-state index in [-0.39, 0.29) is 19.8 Å². The number of aromatic hydroxyl groups is 3. The fourth-order valence-corrected chi connectivity index (χ4v) is 3.07. The van der Waals surface area contributed by atoms with Crippen LogP contribution in [0.2, 0.25) is 0 Å². The second-order valence-electron chi connectivity index (χ2n) is 6.18. The van der Waals surface area contributed by atoms with Gasteiger partial charge in [0.15, 0.2) is 11.5 Å². The number of cyclic esters (lactones) is 1. The zero-order valence-corrected chi connectivity index (χ0v) is 17.0. The number of hydrogen-bond donors (Lipinski definition) is 3. The third-order valence-electron chi connectivity index (χ3n) is 4.29. The maximum absolute atomic E-state index is 12.7. The number of carbonyl (C=O) groups is 4. The van der Waals surface area contributed by atoms with E-state index >= 15 is 0 Å². The van der Waals surface area contributed by atoms with Gasteiger partial charge in [-0.05, 0) is 26.8 Å². The van der Waals surface area contributed by atoms with Gasteiger partial charge in [0, 0.05) is 11.6 Å². The molecule has 2 rings (SSSR count). The van der Waals surface area contributed by atoms with E-state index in [4.69, 9.17) is 18.9 Å². The summed E-state index contributed by atoms with van der Waals surface area (Å²) in [6.45, 7) is 4.29. The van der Waals surface area contributed by atoms with Crippen molar-refractivity contribution >= 4 is 23.9 Å². The highest BCUT2D eigenvalue weighted by Crippen LogP contribution is 2.49. The molecule has 1 aromatic carbocycles. The molecule has 0 saturated heterocycles. The first kappa shape index (κ1) is 23.5. The molecule has 1 heterocycles. The molecular weight excluding hydrogens is 416 g/mol. The molecule has 1 aliphatic heterocycles. The van der Waals surface area contributed by atoms with Gasteiger partial charge in [0.25, 0.3) is 0 Å². The Labute approximate surface area is 176 Å². The molecule has 0 bridgehead atoms. The lowest BCUT2D eigenvalue weighted by Gasteiger charge is -2.32. The van der Waals surface area contributed by atoms with Crippen molar-refractivity contribution in [1.29, 1.82) is 0 Å². The normalized spacial score (nSPS) is 17.9. The van der Waals surface area contributed by atoms with Gasteiger partial charge < -0.3 is 34.3 Å². The smallest absolute Gasteiger partial charge is 0.348 e. The van der Waals surface area contributed by atoms with Crippen LogP contribution in [-0.2, 0) is 33.3 Å². The highest BCUT2D eigenvalue weighted by Gasteiger charge is 2.48. The molecule has 0 amide bonds. The minimum atomic E-state index is -1.81. The van der Waals surface area contributed by atoms with Gasteiger partial charge in [0.05, 0.1) is 36.9 Å². The summed E-state index contributed by atoms with van der Waals surface area (Å²) in [5, 5.41) is 30.2. The Morgan fingerprint density at radius 1 is 1.00 bits per heavy atom. The van der Waals surface area contributed by atoms with Gasteiger partial charge in [-0.2, -0.15) is 0 Å². The van der Waals surface area contributed by atoms with Gasteiger partial charge in [-0.25, -0.2) is 19.2 Å². The minimum Gasteiger partial charge on any atom is -0.504 e. The van der Waals surface area contributed by atoms with Crippen LogP contribution in [0.3, 0.4) is 0 Å². The molecule has 0 aromatic heterocycles. The summed E-state index contributed by atoms with van der Waals surface area (Å²) in [6, 6.07) is 0.800. The fraction of sp³-hybridized carbons (Fsp3) is 0.400. The third kappa shape index (κ3) is 4.71. The van der Waals surface area contributed by atoms with Crippen molar-refractivity contribution in [3.63, 3.8) is 0 Å². The van der Waals surface area contributed by atoms with E-state index in [0.29, 0.717) is 0 Å². The summed E-state index contributed by atoms with van der Waals surface area (Å²) in [4.78, 5) is 49.8. The average Bonchev–Trinajstić information content (AvgIpc) is 2.71. The largest absolute Gasteiger partial charge is 0.504 e. The first-order valence-electron chi connectivity index (χ1n) is 9.38. The van der Waals surface area contributed by atoms with Gasteiger partial charge in [-0.3, -0.25) is 0 Å². The number of carbonyl (C=O) groups excluding carboxylic acids is 4. The van der Waals surface area contributed by atoms with E-state index < -0.39 is 69.8 Å². The lowest BCUT2D eigenvalue weighted by atomic mass is 9.80. The molecule has 2 atom stereocenters. The monoisotopic (exact) mass is 438 g/mol. The van der Waals surface area contributed by atoms with Crippen LogP contribution in [0.1, 0.15) is 42.6 Å². The zero-order valence-electron chi connectivity index (χ0n) is 17.0. The summed E-state index contributed by atoms with van der Waals surface area (Å²) in [6.07, 6.45) is -1.06. The van der Waals surface area contributed by atoms with Crippen molar-refractivity contribution in [2.24, 2.45) is 0 Å². The maximum Gasteiger partial charge on any atom is 0.348 e. The van der Waals surface area contributed by atoms with Crippen molar-refractivity contribution in [1.82, 2.24) is 0 Å². The second kappa shape index (κ2) is 9.83. The van der Waals surface area contributed by atoms with Crippen LogP contribution in [0.4, 0.5) is 0 Å². The van der Waals surface area contributed by atoms with Crippen LogP contribution >= 0.6 is 0 Å². The Hall–Kier alpha value is -3.76. The first-order valence-corrected chi connectivity index (χ1v) is 9.38. The lowest BCUT2D eigenvalue weighted by Crippen LogP contribution is -2.41. The molecule has 11 nitrogen and oxygen atoms in total. The average molecular weight is 438 g/mol. The molecule has 11 heteroatoms. The standard InChI is InChI=1S/C20H22O11/c1-4-28-12(22)8-10(18(25)29-5-2)14-13-9(7-11(21)15(23)16(13)24)19(26)31-17(14)20(27)30-6-3/h7-8,14,17,21,23-24H,4-6H2,1-3H3/b10-8-/t14-,17-/m0/s1. The Bertz CT molecular complexity index is 932. The number of phenols is 3. The Morgan fingerprint density at radius 2 is 1.61 bits per heavy atom. The number of esters is 4. The number of rotatable bonds is 7. The van der Waals surface area contributed by atoms with Crippen LogP contribution in [0, 0.1) is 0 Å². The molecule has 0 aliphatic carbocycles. The molecule has 1 aliphatic rings. The van der Waals surface area contributed by atoms with Crippen molar-refractivity contribution in [2.45, 2.75) is 32.8 Å². The molecular formula is C20H22O11. The molecule has 168 valence electrons. The molecule has 0 unspecified atom stereocenters. The molecule has 3 N–H and O–H groups in total. The number of phenolic OH excluding ortho intramolecular Hbond substituents is 3. The van der Waals surface area contributed by atoms with Gasteiger partial charge in [0.1, 0.15) is 0 Å². The summed E-state index contributed by atoms with van der Waals surface area (Å²) in [5.41, 5.74) is -1.35. The van der Waals surface area contributed by atoms with Crippen molar-refractivity contribution in [2.75, 3.05) is 19.8 Å². The minimum absolute atomic E-state index is 0.0249. The van der Waals surface area contributed by atoms with Gasteiger partial charge in [-0.1, -0.05) is 0 Å². The third-order valence-corrected chi connectivity index (χ3v) is 4.29. The molecule has 0 saturated carbocycles. The van der Waals surface area contributed by atoms with E-state index in [1.165, 1.54) is 20.8 Å². The van der Waals surface area contributed by atoms with Crippen LogP contribution < -0.4 is 0 Å². The SMILES string of the molecule is CCOC(=O)/C=C(\C(=O)OCC)[C@H]1c2c(cc(O)c(O)c2O)C(=O)O[C@@H]1C(=O)OCC.